The molecule has 29 heavy (non-hydrogen) atoms. The van der Waals surface area contributed by atoms with Crippen LogP contribution in [0, 0.1) is 0 Å². The number of hydrogen-bond donors (Lipinski definition) is 0. The molecule has 154 valence electrons. The Labute approximate surface area is 178 Å². The number of piperazine rings is 1. The molecule has 0 saturated carbocycles. The van der Waals surface area contributed by atoms with Gasteiger partial charge in [0, 0.05) is 37.3 Å². The van der Waals surface area contributed by atoms with Crippen molar-refractivity contribution in [2.75, 3.05) is 47.5 Å². The lowest BCUT2D eigenvalue weighted by Gasteiger charge is -2.35. The molecule has 2 amide bonds. The van der Waals surface area contributed by atoms with Gasteiger partial charge in [0.2, 0.25) is 0 Å². The molecule has 2 aromatic rings. The van der Waals surface area contributed by atoms with Crippen LogP contribution in [0.5, 0.6) is 17.2 Å². The van der Waals surface area contributed by atoms with Crippen molar-refractivity contribution < 1.29 is 23.8 Å². The van der Waals surface area contributed by atoms with Gasteiger partial charge in [-0.25, -0.2) is 0 Å². The third-order valence-electron chi connectivity index (χ3n) is 4.86. The van der Waals surface area contributed by atoms with Gasteiger partial charge in [0.25, 0.3) is 11.8 Å². The first-order valence-electron chi connectivity index (χ1n) is 9.12. The quantitative estimate of drug-likeness (QED) is 0.682. The van der Waals surface area contributed by atoms with Crippen LogP contribution in [0.15, 0.2) is 40.9 Å². The SMILES string of the molecule is COc1cccc(C(=O)N2CCN(C(=O)c3cc(OC)c(Br)c(OC)c3)CC2)c1. The van der Waals surface area contributed by atoms with Gasteiger partial charge in [-0.15, -0.1) is 0 Å². The highest BCUT2D eigenvalue weighted by molar-refractivity contribution is 9.10. The average Bonchev–Trinajstić information content (AvgIpc) is 2.78. The number of halogens is 1. The highest BCUT2D eigenvalue weighted by Crippen LogP contribution is 2.36. The molecule has 1 saturated heterocycles. The van der Waals surface area contributed by atoms with Crippen LogP contribution in [-0.4, -0.2) is 69.1 Å². The molecule has 0 N–H and O–H groups in total. The van der Waals surface area contributed by atoms with Gasteiger partial charge in [-0.2, -0.15) is 0 Å². The first-order valence-corrected chi connectivity index (χ1v) is 9.92. The first-order chi connectivity index (χ1) is 14.0. The highest BCUT2D eigenvalue weighted by atomic mass is 79.9. The zero-order chi connectivity index (χ0) is 21.0. The van der Waals surface area contributed by atoms with Gasteiger partial charge in [-0.1, -0.05) is 6.07 Å². The van der Waals surface area contributed by atoms with Crippen LogP contribution in [0.2, 0.25) is 0 Å². The van der Waals surface area contributed by atoms with Crippen molar-refractivity contribution in [2.24, 2.45) is 0 Å². The van der Waals surface area contributed by atoms with E-state index in [1.54, 1.807) is 53.3 Å². The molecule has 0 spiro atoms. The second kappa shape index (κ2) is 9.17. The summed E-state index contributed by atoms with van der Waals surface area (Å²) in [5.74, 6) is 1.51. The van der Waals surface area contributed by atoms with Crippen LogP contribution >= 0.6 is 15.9 Å². The van der Waals surface area contributed by atoms with Crippen molar-refractivity contribution in [2.45, 2.75) is 0 Å². The van der Waals surface area contributed by atoms with Crippen LogP contribution in [0.3, 0.4) is 0 Å². The maximum absolute atomic E-state index is 13.0. The predicted molar refractivity (Wildman–Crippen MR) is 112 cm³/mol. The number of benzene rings is 2. The number of ether oxygens (including phenoxy) is 3. The van der Waals surface area contributed by atoms with Gasteiger partial charge in [-0.05, 0) is 46.3 Å². The summed E-state index contributed by atoms with van der Waals surface area (Å²) in [6.07, 6.45) is 0. The van der Waals surface area contributed by atoms with Gasteiger partial charge in [0.15, 0.2) is 0 Å². The standard InChI is InChI=1S/C21H23BrN2O5/c1-27-16-6-4-5-14(11-16)20(25)23-7-9-24(10-8-23)21(26)15-12-17(28-2)19(22)18(13-15)29-3/h4-6,11-13H,7-10H2,1-3H3. The number of hydrogen-bond acceptors (Lipinski definition) is 5. The summed E-state index contributed by atoms with van der Waals surface area (Å²) in [5.41, 5.74) is 1.06. The van der Waals surface area contributed by atoms with Crippen LogP contribution < -0.4 is 14.2 Å². The average molecular weight is 463 g/mol. The number of amides is 2. The molecular formula is C21H23BrN2O5. The van der Waals surface area contributed by atoms with Crippen LogP contribution in [0.25, 0.3) is 0 Å². The van der Waals surface area contributed by atoms with Crippen LogP contribution in [0.4, 0.5) is 0 Å². The third kappa shape index (κ3) is 4.48. The van der Waals surface area contributed by atoms with Gasteiger partial charge < -0.3 is 24.0 Å². The molecule has 8 heteroatoms. The van der Waals surface area contributed by atoms with Gasteiger partial charge in [0.05, 0.1) is 21.3 Å². The van der Waals surface area contributed by atoms with Crippen molar-refractivity contribution in [3.63, 3.8) is 0 Å². The summed E-state index contributed by atoms with van der Waals surface area (Å²) in [6.45, 7) is 1.84. The molecule has 0 aromatic heterocycles. The topological polar surface area (TPSA) is 68.3 Å². The Morgan fingerprint density at radius 1 is 0.793 bits per heavy atom. The van der Waals surface area contributed by atoms with Gasteiger partial charge in [-0.3, -0.25) is 9.59 Å². The van der Waals surface area contributed by atoms with E-state index in [4.69, 9.17) is 14.2 Å². The minimum Gasteiger partial charge on any atom is -0.497 e. The summed E-state index contributed by atoms with van der Waals surface area (Å²) >= 11 is 3.41. The Bertz CT molecular complexity index is 885. The number of carbonyl (C=O) groups is 2. The molecular weight excluding hydrogens is 440 g/mol. The second-order valence-corrected chi connectivity index (χ2v) is 7.30. The minimum atomic E-state index is -0.123. The summed E-state index contributed by atoms with van der Waals surface area (Å²) in [5, 5.41) is 0. The number of nitrogens with zero attached hydrogens (tertiary/aromatic N) is 2. The largest absolute Gasteiger partial charge is 0.497 e. The molecule has 1 heterocycles. The smallest absolute Gasteiger partial charge is 0.254 e. The lowest BCUT2D eigenvalue weighted by Crippen LogP contribution is -2.50. The summed E-state index contributed by atoms with van der Waals surface area (Å²) in [6, 6.07) is 10.4. The molecule has 1 fully saturated rings. The lowest BCUT2D eigenvalue weighted by molar-refractivity contribution is 0.0535. The lowest BCUT2D eigenvalue weighted by atomic mass is 10.1. The van der Waals surface area contributed by atoms with Crippen molar-refractivity contribution in [3.05, 3.63) is 52.0 Å². The van der Waals surface area contributed by atoms with E-state index in [1.165, 1.54) is 14.2 Å². The van der Waals surface area contributed by atoms with E-state index >= 15 is 0 Å². The number of methoxy groups -OCH3 is 3. The molecule has 7 nitrogen and oxygen atoms in total. The van der Waals surface area contributed by atoms with Crippen molar-refractivity contribution in [1.29, 1.82) is 0 Å². The van der Waals surface area contributed by atoms with E-state index in [9.17, 15) is 9.59 Å². The zero-order valence-corrected chi connectivity index (χ0v) is 18.2. The van der Waals surface area contributed by atoms with E-state index in [1.807, 2.05) is 0 Å². The normalized spacial score (nSPS) is 13.8. The third-order valence-corrected chi connectivity index (χ3v) is 5.64. The van der Waals surface area contributed by atoms with E-state index in [2.05, 4.69) is 15.9 Å². The van der Waals surface area contributed by atoms with E-state index in [-0.39, 0.29) is 11.8 Å². The van der Waals surface area contributed by atoms with E-state index < -0.39 is 0 Å². The van der Waals surface area contributed by atoms with Crippen molar-refractivity contribution in [1.82, 2.24) is 9.80 Å². The number of rotatable bonds is 5. The molecule has 1 aliphatic rings. The monoisotopic (exact) mass is 462 g/mol. The molecule has 0 aliphatic carbocycles. The fourth-order valence-corrected chi connectivity index (χ4v) is 3.78. The summed E-state index contributed by atoms with van der Waals surface area (Å²) in [7, 11) is 4.65. The molecule has 0 atom stereocenters. The highest BCUT2D eigenvalue weighted by Gasteiger charge is 2.26. The predicted octanol–water partition coefficient (Wildman–Crippen LogP) is 3.07. The molecule has 0 unspecified atom stereocenters. The van der Waals surface area contributed by atoms with Crippen molar-refractivity contribution >= 4 is 27.7 Å². The van der Waals surface area contributed by atoms with Gasteiger partial charge in [0.1, 0.15) is 21.7 Å². The Morgan fingerprint density at radius 2 is 1.31 bits per heavy atom. The number of carbonyl (C=O) groups excluding carboxylic acids is 2. The molecule has 2 aromatic carbocycles. The zero-order valence-electron chi connectivity index (χ0n) is 16.6. The van der Waals surface area contributed by atoms with Gasteiger partial charge >= 0.3 is 0 Å². The molecule has 3 rings (SSSR count). The Kier molecular flexibility index (Phi) is 6.64. The molecule has 0 bridgehead atoms. The summed E-state index contributed by atoms with van der Waals surface area (Å²) < 4.78 is 16.5. The van der Waals surface area contributed by atoms with Crippen LogP contribution in [0.1, 0.15) is 20.7 Å². The fraction of sp³-hybridized carbons (Fsp3) is 0.333. The van der Waals surface area contributed by atoms with E-state index in [0.717, 1.165) is 0 Å². The van der Waals surface area contributed by atoms with Crippen molar-refractivity contribution in [3.8, 4) is 17.2 Å². The van der Waals surface area contributed by atoms with Crippen LogP contribution in [-0.2, 0) is 0 Å². The Morgan fingerprint density at radius 3 is 1.79 bits per heavy atom. The Balaban J connectivity index is 1.69. The minimum absolute atomic E-state index is 0.0667. The maximum Gasteiger partial charge on any atom is 0.254 e. The molecule has 0 radical (unpaired) electrons. The van der Waals surface area contributed by atoms with E-state index in [0.29, 0.717) is 59.0 Å². The summed E-state index contributed by atoms with van der Waals surface area (Å²) in [4.78, 5) is 29.2. The fourth-order valence-electron chi connectivity index (χ4n) is 3.23. The molecule has 1 aliphatic heterocycles. The first kappa shape index (κ1) is 21.0. The second-order valence-electron chi connectivity index (χ2n) is 6.51. The maximum atomic E-state index is 13.0. The Hall–Kier alpha value is -2.74.